The van der Waals surface area contributed by atoms with E-state index < -0.39 is 0 Å². The number of unbranched alkanes of at least 4 members (excludes halogenated alkanes) is 1. The molecular formula is C19H28ClN5O. The van der Waals surface area contributed by atoms with Crippen molar-refractivity contribution < 1.29 is 4.79 Å². The molecule has 0 atom stereocenters. The molecule has 26 heavy (non-hydrogen) atoms. The van der Waals surface area contributed by atoms with Gasteiger partial charge in [0.25, 0.3) is 5.91 Å². The molecule has 1 aliphatic rings. The van der Waals surface area contributed by atoms with Crippen LogP contribution in [0, 0.1) is 12.8 Å². The second kappa shape index (κ2) is 8.27. The van der Waals surface area contributed by atoms with E-state index in [0.29, 0.717) is 34.5 Å². The fourth-order valence-corrected chi connectivity index (χ4v) is 3.75. The highest BCUT2D eigenvalue weighted by Crippen LogP contribution is 2.25. The van der Waals surface area contributed by atoms with Gasteiger partial charge < -0.3 is 16.0 Å². The summed E-state index contributed by atoms with van der Waals surface area (Å²) < 4.78 is 1.68. The average molecular weight is 378 g/mol. The first-order valence-corrected chi connectivity index (χ1v) is 9.81. The molecule has 6 nitrogen and oxygen atoms in total. The molecule has 0 bridgehead atoms. The van der Waals surface area contributed by atoms with E-state index in [1.807, 2.05) is 6.92 Å². The molecule has 142 valence electrons. The number of aromatic nitrogens is 2. The summed E-state index contributed by atoms with van der Waals surface area (Å²) in [5.41, 5.74) is 7.81. The fourth-order valence-electron chi connectivity index (χ4n) is 3.55. The molecule has 0 unspecified atom stereocenters. The van der Waals surface area contributed by atoms with Gasteiger partial charge in [0.2, 0.25) is 0 Å². The van der Waals surface area contributed by atoms with Gasteiger partial charge in [-0.05, 0) is 57.8 Å². The van der Waals surface area contributed by atoms with E-state index >= 15 is 0 Å². The van der Waals surface area contributed by atoms with Gasteiger partial charge in [-0.2, -0.15) is 0 Å². The third-order valence-electron chi connectivity index (χ3n) is 5.17. The molecule has 0 spiro atoms. The van der Waals surface area contributed by atoms with Crippen molar-refractivity contribution in [1.82, 2.24) is 19.6 Å². The number of piperidine rings is 1. The molecule has 7 heteroatoms. The minimum atomic E-state index is -0.143. The topological polar surface area (TPSA) is 75.7 Å². The Labute approximate surface area is 159 Å². The Morgan fingerprint density at radius 1 is 1.42 bits per heavy atom. The van der Waals surface area contributed by atoms with Crippen LogP contribution < -0.4 is 11.1 Å². The highest BCUT2D eigenvalue weighted by Gasteiger charge is 2.21. The summed E-state index contributed by atoms with van der Waals surface area (Å²) in [6.45, 7) is 8.22. The van der Waals surface area contributed by atoms with Gasteiger partial charge in [-0.1, -0.05) is 24.9 Å². The Kier molecular flexibility index (Phi) is 6.04. The van der Waals surface area contributed by atoms with Crippen LogP contribution in [0.5, 0.6) is 0 Å². The van der Waals surface area contributed by atoms with Crippen molar-refractivity contribution in [3.63, 3.8) is 0 Å². The molecule has 1 aliphatic heterocycles. The standard InChI is InChI=1S/C19H28ClN5O/c1-3-4-7-24-8-5-14(6-9-24)11-22-19(26)15-10-16(20)17(21)25-12-13(2)23-18(15)25/h10,12,14H,3-9,11,21H2,1-2H3,(H,22,26). The molecule has 2 aromatic rings. The Hall–Kier alpha value is -1.79. The van der Waals surface area contributed by atoms with Crippen LogP contribution in [0.3, 0.4) is 0 Å². The van der Waals surface area contributed by atoms with Crippen LogP contribution in [0.4, 0.5) is 5.82 Å². The number of nitrogen functional groups attached to an aromatic ring is 1. The first-order chi connectivity index (χ1) is 12.5. The van der Waals surface area contributed by atoms with Crippen molar-refractivity contribution in [2.24, 2.45) is 5.92 Å². The number of halogens is 1. The molecule has 3 rings (SSSR count). The number of hydrogen-bond donors (Lipinski definition) is 2. The maximum atomic E-state index is 12.7. The van der Waals surface area contributed by atoms with Gasteiger partial charge in [-0.25, -0.2) is 4.98 Å². The lowest BCUT2D eigenvalue weighted by molar-refractivity contribution is 0.0937. The minimum absolute atomic E-state index is 0.143. The van der Waals surface area contributed by atoms with Crippen LogP contribution >= 0.6 is 11.6 Å². The monoisotopic (exact) mass is 377 g/mol. The summed E-state index contributed by atoms with van der Waals surface area (Å²) in [6, 6.07) is 1.61. The highest BCUT2D eigenvalue weighted by molar-refractivity contribution is 6.33. The maximum absolute atomic E-state index is 12.7. The van der Waals surface area contributed by atoms with E-state index in [4.69, 9.17) is 17.3 Å². The van der Waals surface area contributed by atoms with E-state index in [2.05, 4.69) is 22.1 Å². The van der Waals surface area contributed by atoms with Crippen LogP contribution in [-0.2, 0) is 0 Å². The van der Waals surface area contributed by atoms with Crippen molar-refractivity contribution >= 4 is 29.0 Å². The summed E-state index contributed by atoms with van der Waals surface area (Å²) >= 11 is 6.19. The summed E-state index contributed by atoms with van der Waals surface area (Å²) in [6.07, 6.45) is 6.55. The molecule has 0 aromatic carbocycles. The first kappa shape index (κ1) is 19.0. The highest BCUT2D eigenvalue weighted by atomic mass is 35.5. The van der Waals surface area contributed by atoms with Crippen molar-refractivity contribution in [3.05, 3.63) is 28.5 Å². The number of nitrogens with two attached hydrogens (primary N) is 1. The zero-order valence-corrected chi connectivity index (χ0v) is 16.4. The second-order valence-electron chi connectivity index (χ2n) is 7.22. The number of fused-ring (bicyclic) bond motifs is 1. The number of rotatable bonds is 6. The van der Waals surface area contributed by atoms with Crippen LogP contribution in [0.15, 0.2) is 12.3 Å². The predicted octanol–water partition coefficient (Wildman–Crippen LogP) is 3.12. The van der Waals surface area contributed by atoms with Gasteiger partial charge in [-0.3, -0.25) is 9.20 Å². The lowest BCUT2D eigenvalue weighted by atomic mass is 9.96. The average Bonchev–Trinajstić information content (AvgIpc) is 3.03. The van der Waals surface area contributed by atoms with Gasteiger partial charge in [0.1, 0.15) is 5.82 Å². The molecule has 1 fully saturated rings. The SMILES string of the molecule is CCCCN1CCC(CNC(=O)c2cc(Cl)c(N)n3cc(C)nc23)CC1. The molecule has 0 radical (unpaired) electrons. The third-order valence-corrected chi connectivity index (χ3v) is 5.48. The molecule has 0 aliphatic carbocycles. The van der Waals surface area contributed by atoms with Crippen molar-refractivity contribution in [1.29, 1.82) is 0 Å². The number of likely N-dealkylation sites (tertiary alicyclic amines) is 1. The largest absolute Gasteiger partial charge is 0.384 e. The van der Waals surface area contributed by atoms with Crippen molar-refractivity contribution in [2.45, 2.75) is 39.5 Å². The zero-order valence-electron chi connectivity index (χ0n) is 15.6. The van der Waals surface area contributed by atoms with Crippen LogP contribution in [0.2, 0.25) is 5.02 Å². The summed E-state index contributed by atoms with van der Waals surface area (Å²) in [5.74, 6) is 0.785. The van der Waals surface area contributed by atoms with Crippen LogP contribution in [0.1, 0.15) is 48.7 Å². The Morgan fingerprint density at radius 3 is 2.85 bits per heavy atom. The molecule has 0 saturated carbocycles. The third kappa shape index (κ3) is 4.13. The number of nitrogens with one attached hydrogen (secondary N) is 1. The van der Waals surface area contributed by atoms with Crippen LogP contribution in [0.25, 0.3) is 5.65 Å². The summed E-state index contributed by atoms with van der Waals surface area (Å²) in [7, 11) is 0. The maximum Gasteiger partial charge on any atom is 0.255 e. The molecule has 3 N–H and O–H groups in total. The van der Waals surface area contributed by atoms with Gasteiger partial charge in [0.05, 0.1) is 16.3 Å². The number of carbonyl (C=O) groups excluding carboxylic acids is 1. The quantitative estimate of drug-likeness (QED) is 0.810. The normalized spacial score (nSPS) is 16.3. The number of imidazole rings is 1. The van der Waals surface area contributed by atoms with Gasteiger partial charge in [-0.15, -0.1) is 0 Å². The van der Waals surface area contributed by atoms with E-state index in [1.54, 1.807) is 16.7 Å². The second-order valence-corrected chi connectivity index (χ2v) is 7.62. The Balaban J connectivity index is 1.61. The number of amides is 1. The number of pyridine rings is 1. The van der Waals surface area contributed by atoms with E-state index in [-0.39, 0.29) is 5.91 Å². The lowest BCUT2D eigenvalue weighted by Crippen LogP contribution is -2.39. The van der Waals surface area contributed by atoms with Crippen molar-refractivity contribution in [2.75, 3.05) is 31.9 Å². The summed E-state index contributed by atoms with van der Waals surface area (Å²) in [5, 5.41) is 3.43. The summed E-state index contributed by atoms with van der Waals surface area (Å²) in [4.78, 5) is 19.7. The van der Waals surface area contributed by atoms with Gasteiger partial charge in [0.15, 0.2) is 5.65 Å². The number of anilines is 1. The van der Waals surface area contributed by atoms with E-state index in [0.717, 1.165) is 31.6 Å². The van der Waals surface area contributed by atoms with E-state index in [1.165, 1.54) is 19.4 Å². The van der Waals surface area contributed by atoms with Gasteiger partial charge in [0, 0.05) is 12.7 Å². The minimum Gasteiger partial charge on any atom is -0.384 e. The molecular weight excluding hydrogens is 350 g/mol. The number of nitrogens with zero attached hydrogens (tertiary/aromatic N) is 3. The Morgan fingerprint density at radius 2 is 2.15 bits per heavy atom. The Bertz CT molecular complexity index is 780. The van der Waals surface area contributed by atoms with Crippen molar-refractivity contribution in [3.8, 4) is 0 Å². The molecule has 2 aromatic heterocycles. The predicted molar refractivity (Wildman–Crippen MR) is 106 cm³/mol. The lowest BCUT2D eigenvalue weighted by Gasteiger charge is -2.31. The first-order valence-electron chi connectivity index (χ1n) is 9.43. The zero-order chi connectivity index (χ0) is 18.7. The van der Waals surface area contributed by atoms with E-state index in [9.17, 15) is 4.79 Å². The fraction of sp³-hybridized carbons (Fsp3) is 0.579. The smallest absolute Gasteiger partial charge is 0.255 e. The van der Waals surface area contributed by atoms with Crippen LogP contribution in [-0.4, -0.2) is 46.4 Å². The number of aryl methyl sites for hydroxylation is 1. The molecule has 1 amide bonds. The molecule has 1 saturated heterocycles. The van der Waals surface area contributed by atoms with Gasteiger partial charge >= 0.3 is 0 Å². The molecule has 3 heterocycles. The number of hydrogen-bond acceptors (Lipinski definition) is 4. The number of carbonyl (C=O) groups is 1.